The van der Waals surface area contributed by atoms with Gasteiger partial charge in [-0.25, -0.2) is 0 Å². The van der Waals surface area contributed by atoms with Crippen molar-refractivity contribution >= 4 is 21.9 Å². The Hall–Kier alpha value is -1.23. The highest BCUT2D eigenvalue weighted by molar-refractivity contribution is 9.10. The van der Waals surface area contributed by atoms with Gasteiger partial charge in [0.2, 0.25) is 6.79 Å². The van der Waals surface area contributed by atoms with Crippen LogP contribution in [0.3, 0.4) is 0 Å². The Balaban J connectivity index is 2.21. The molecule has 0 radical (unpaired) electrons. The number of rotatable bonds is 2. The van der Waals surface area contributed by atoms with Crippen LogP contribution in [0, 0.1) is 0 Å². The fourth-order valence-electron chi connectivity index (χ4n) is 2.94. The highest BCUT2D eigenvalue weighted by atomic mass is 79.9. The summed E-state index contributed by atoms with van der Waals surface area (Å²) in [5.41, 5.74) is -0.0970. The molecule has 0 bridgehead atoms. The number of carboxylic acid groups (broad SMARTS) is 1. The summed E-state index contributed by atoms with van der Waals surface area (Å²) in [6, 6.07) is 3.65. The van der Waals surface area contributed by atoms with Crippen molar-refractivity contribution in [3.8, 4) is 11.5 Å². The SMILES string of the molecule is O=C(O)C1(c2c(Br)ccc3c2OCO3)CCCC1. The zero-order chi connectivity index (χ0) is 12.8. The Morgan fingerprint density at radius 1 is 1.28 bits per heavy atom. The van der Waals surface area contributed by atoms with E-state index in [1.807, 2.05) is 6.07 Å². The minimum Gasteiger partial charge on any atom is -0.481 e. The molecule has 3 rings (SSSR count). The first-order valence-corrected chi connectivity index (χ1v) is 6.76. The molecule has 0 unspecified atom stereocenters. The quantitative estimate of drug-likeness (QED) is 0.911. The largest absolute Gasteiger partial charge is 0.481 e. The van der Waals surface area contributed by atoms with Crippen molar-refractivity contribution in [2.45, 2.75) is 31.1 Å². The Bertz CT molecular complexity index is 506. The third kappa shape index (κ3) is 1.53. The molecular formula is C13H13BrO4. The maximum Gasteiger partial charge on any atom is 0.314 e. The number of aliphatic carboxylic acids is 1. The Labute approximate surface area is 113 Å². The number of benzene rings is 1. The van der Waals surface area contributed by atoms with E-state index < -0.39 is 11.4 Å². The van der Waals surface area contributed by atoms with E-state index in [1.165, 1.54) is 0 Å². The minimum atomic E-state index is -0.835. The number of carbonyl (C=O) groups is 1. The van der Waals surface area contributed by atoms with E-state index in [2.05, 4.69) is 15.9 Å². The summed E-state index contributed by atoms with van der Waals surface area (Å²) in [4.78, 5) is 11.8. The Kier molecular flexibility index (Phi) is 2.73. The number of hydrogen-bond donors (Lipinski definition) is 1. The normalized spacial score (nSPS) is 20.1. The van der Waals surface area contributed by atoms with Crippen molar-refractivity contribution in [3.63, 3.8) is 0 Å². The molecule has 0 spiro atoms. The van der Waals surface area contributed by atoms with Crippen LogP contribution in [0.25, 0.3) is 0 Å². The number of fused-ring (bicyclic) bond motifs is 1. The van der Waals surface area contributed by atoms with E-state index in [4.69, 9.17) is 9.47 Å². The van der Waals surface area contributed by atoms with Gasteiger partial charge >= 0.3 is 5.97 Å². The van der Waals surface area contributed by atoms with Crippen molar-refractivity contribution in [2.24, 2.45) is 0 Å². The number of ether oxygens (including phenoxy) is 2. The van der Waals surface area contributed by atoms with Gasteiger partial charge in [0.05, 0.1) is 5.41 Å². The van der Waals surface area contributed by atoms with Crippen molar-refractivity contribution in [2.75, 3.05) is 6.79 Å². The van der Waals surface area contributed by atoms with E-state index in [-0.39, 0.29) is 6.79 Å². The molecule has 0 aromatic heterocycles. The van der Waals surface area contributed by atoms with Crippen LogP contribution < -0.4 is 9.47 Å². The fourth-order valence-corrected chi connectivity index (χ4v) is 3.64. The molecular weight excluding hydrogens is 300 g/mol. The second-order valence-electron chi connectivity index (χ2n) is 4.75. The molecule has 1 heterocycles. The lowest BCUT2D eigenvalue weighted by Crippen LogP contribution is -2.33. The van der Waals surface area contributed by atoms with Crippen LogP contribution in [0.1, 0.15) is 31.2 Å². The predicted molar refractivity (Wildman–Crippen MR) is 68.0 cm³/mol. The van der Waals surface area contributed by atoms with Crippen LogP contribution in [-0.2, 0) is 10.2 Å². The van der Waals surface area contributed by atoms with Gasteiger partial charge in [0.25, 0.3) is 0 Å². The van der Waals surface area contributed by atoms with Crippen LogP contribution in [0.5, 0.6) is 11.5 Å². The first kappa shape index (κ1) is 11.8. The highest BCUT2D eigenvalue weighted by Gasteiger charge is 2.47. The average Bonchev–Trinajstić information content (AvgIpc) is 2.96. The molecule has 2 aliphatic rings. The smallest absolute Gasteiger partial charge is 0.314 e. The summed E-state index contributed by atoms with van der Waals surface area (Å²) >= 11 is 3.46. The number of carboxylic acids is 1. The Morgan fingerprint density at radius 3 is 2.67 bits per heavy atom. The second kappa shape index (κ2) is 4.16. The summed E-state index contributed by atoms with van der Waals surface area (Å²) in [5.74, 6) is 0.457. The second-order valence-corrected chi connectivity index (χ2v) is 5.60. The third-order valence-electron chi connectivity index (χ3n) is 3.83. The van der Waals surface area contributed by atoms with Crippen LogP contribution in [0.4, 0.5) is 0 Å². The van der Waals surface area contributed by atoms with E-state index in [9.17, 15) is 9.90 Å². The van der Waals surface area contributed by atoms with Crippen molar-refractivity contribution < 1.29 is 19.4 Å². The molecule has 5 heteroatoms. The zero-order valence-electron chi connectivity index (χ0n) is 9.74. The van der Waals surface area contributed by atoms with Gasteiger partial charge in [-0.15, -0.1) is 0 Å². The van der Waals surface area contributed by atoms with Gasteiger partial charge in [-0.1, -0.05) is 28.8 Å². The summed E-state index contributed by atoms with van der Waals surface area (Å²) in [6.07, 6.45) is 3.17. The summed E-state index contributed by atoms with van der Waals surface area (Å²) in [7, 11) is 0. The molecule has 0 amide bonds. The van der Waals surface area contributed by atoms with Crippen molar-refractivity contribution in [1.29, 1.82) is 0 Å². The molecule has 18 heavy (non-hydrogen) atoms. The molecule has 1 fully saturated rings. The molecule has 1 N–H and O–H groups in total. The molecule has 0 saturated heterocycles. The van der Waals surface area contributed by atoms with Gasteiger partial charge in [-0.3, -0.25) is 4.79 Å². The summed E-state index contributed by atoms with van der Waals surface area (Å²) in [6.45, 7) is 0.161. The molecule has 1 aromatic rings. The topological polar surface area (TPSA) is 55.8 Å². The molecule has 96 valence electrons. The lowest BCUT2D eigenvalue weighted by atomic mass is 9.78. The minimum absolute atomic E-state index is 0.161. The van der Waals surface area contributed by atoms with Crippen molar-refractivity contribution in [1.82, 2.24) is 0 Å². The standard InChI is InChI=1S/C13H13BrO4/c14-8-3-4-9-11(18-7-17-9)10(8)13(12(15)16)5-1-2-6-13/h3-4H,1-2,5-7H2,(H,15,16). The van der Waals surface area contributed by atoms with Gasteiger partial charge in [-0.05, 0) is 25.0 Å². The monoisotopic (exact) mass is 312 g/mol. The first-order chi connectivity index (χ1) is 8.65. The predicted octanol–water partition coefficient (Wildman–Crippen LogP) is 3.07. The highest BCUT2D eigenvalue weighted by Crippen LogP contribution is 2.51. The average molecular weight is 313 g/mol. The van der Waals surface area contributed by atoms with E-state index >= 15 is 0 Å². The van der Waals surface area contributed by atoms with Crippen LogP contribution in [-0.4, -0.2) is 17.9 Å². The van der Waals surface area contributed by atoms with Crippen LogP contribution >= 0.6 is 15.9 Å². The van der Waals surface area contributed by atoms with Crippen LogP contribution in [0.15, 0.2) is 16.6 Å². The van der Waals surface area contributed by atoms with Gasteiger partial charge in [-0.2, -0.15) is 0 Å². The van der Waals surface area contributed by atoms with E-state index in [1.54, 1.807) is 6.07 Å². The van der Waals surface area contributed by atoms with E-state index in [0.717, 1.165) is 22.9 Å². The number of hydrogen-bond acceptors (Lipinski definition) is 3. The van der Waals surface area contributed by atoms with Gasteiger partial charge < -0.3 is 14.6 Å². The molecule has 1 aromatic carbocycles. The van der Waals surface area contributed by atoms with E-state index in [0.29, 0.717) is 24.3 Å². The maximum absolute atomic E-state index is 11.8. The molecule has 0 atom stereocenters. The Morgan fingerprint density at radius 2 is 2.00 bits per heavy atom. The maximum atomic E-state index is 11.8. The van der Waals surface area contributed by atoms with Gasteiger partial charge in [0.1, 0.15) is 0 Å². The first-order valence-electron chi connectivity index (χ1n) is 5.97. The lowest BCUT2D eigenvalue weighted by Gasteiger charge is -2.26. The molecule has 4 nitrogen and oxygen atoms in total. The number of halogens is 1. The summed E-state index contributed by atoms with van der Waals surface area (Å²) < 4.78 is 11.6. The van der Waals surface area contributed by atoms with Crippen molar-refractivity contribution in [3.05, 3.63) is 22.2 Å². The van der Waals surface area contributed by atoms with Gasteiger partial charge in [0.15, 0.2) is 11.5 Å². The molecule has 1 aliphatic carbocycles. The molecule has 1 aliphatic heterocycles. The fraction of sp³-hybridized carbons (Fsp3) is 0.462. The third-order valence-corrected chi connectivity index (χ3v) is 4.49. The summed E-state index contributed by atoms with van der Waals surface area (Å²) in [5, 5.41) is 9.66. The van der Waals surface area contributed by atoms with Gasteiger partial charge in [0, 0.05) is 10.0 Å². The lowest BCUT2D eigenvalue weighted by molar-refractivity contribution is -0.143. The molecule has 1 saturated carbocycles. The van der Waals surface area contributed by atoms with Crippen LogP contribution in [0.2, 0.25) is 0 Å². The zero-order valence-corrected chi connectivity index (χ0v) is 11.3.